The highest BCUT2D eigenvalue weighted by Gasteiger charge is 2.36. The molecule has 19 heavy (non-hydrogen) atoms. The van der Waals surface area contributed by atoms with Crippen molar-refractivity contribution in [1.82, 2.24) is 5.32 Å². The summed E-state index contributed by atoms with van der Waals surface area (Å²) in [6, 6.07) is 9.26. The summed E-state index contributed by atoms with van der Waals surface area (Å²) in [5.41, 5.74) is 3.51. The minimum Gasteiger partial charge on any atom is -0.316 e. The van der Waals surface area contributed by atoms with E-state index in [1.807, 2.05) is 0 Å². The maximum atomic E-state index is 3.67. The molecule has 1 aromatic carbocycles. The van der Waals surface area contributed by atoms with Crippen molar-refractivity contribution in [3.8, 4) is 0 Å². The number of benzene rings is 1. The van der Waals surface area contributed by atoms with E-state index in [9.17, 15) is 0 Å². The summed E-state index contributed by atoms with van der Waals surface area (Å²) in [4.78, 5) is 0. The van der Waals surface area contributed by atoms with Crippen molar-refractivity contribution in [2.75, 3.05) is 13.1 Å². The van der Waals surface area contributed by atoms with Gasteiger partial charge in [0.25, 0.3) is 0 Å². The van der Waals surface area contributed by atoms with E-state index in [1.54, 1.807) is 0 Å². The lowest BCUT2D eigenvalue weighted by molar-refractivity contribution is 0.129. The molecule has 1 aromatic rings. The van der Waals surface area contributed by atoms with E-state index in [-0.39, 0.29) is 0 Å². The van der Waals surface area contributed by atoms with Gasteiger partial charge in [0.05, 0.1) is 0 Å². The smallest absolute Gasteiger partial charge is 0.00111 e. The predicted octanol–water partition coefficient (Wildman–Crippen LogP) is 4.21. The molecular weight excluding hydrogens is 230 g/mol. The molecule has 1 aliphatic rings. The first-order valence-electron chi connectivity index (χ1n) is 7.92. The normalized spacial score (nSPS) is 17.5. The molecule has 0 saturated heterocycles. The third-order valence-corrected chi connectivity index (χ3v) is 4.48. The van der Waals surface area contributed by atoms with E-state index in [0.29, 0.717) is 5.41 Å². The van der Waals surface area contributed by atoms with Gasteiger partial charge in [-0.05, 0) is 54.7 Å². The van der Waals surface area contributed by atoms with E-state index in [0.717, 1.165) is 18.9 Å². The van der Waals surface area contributed by atoms with Crippen LogP contribution in [-0.4, -0.2) is 13.1 Å². The Bertz CT molecular complexity index is 373. The Hall–Kier alpha value is -0.820. The van der Waals surface area contributed by atoms with Gasteiger partial charge in [0.1, 0.15) is 0 Å². The van der Waals surface area contributed by atoms with Gasteiger partial charge in [0.2, 0.25) is 0 Å². The van der Waals surface area contributed by atoms with Gasteiger partial charge in [-0.3, -0.25) is 0 Å². The molecule has 0 aliphatic heterocycles. The van der Waals surface area contributed by atoms with Gasteiger partial charge in [-0.25, -0.2) is 0 Å². The van der Waals surface area contributed by atoms with Crippen molar-refractivity contribution in [2.45, 2.75) is 52.9 Å². The van der Waals surface area contributed by atoms with Crippen LogP contribution in [0.15, 0.2) is 24.3 Å². The molecule has 1 nitrogen and oxygen atoms in total. The average molecular weight is 259 g/mol. The summed E-state index contributed by atoms with van der Waals surface area (Å²) in [6.45, 7) is 9.13. The number of hydrogen-bond acceptors (Lipinski definition) is 1. The molecule has 1 aliphatic carbocycles. The number of rotatable bonds is 7. The lowest BCUT2D eigenvalue weighted by Crippen LogP contribution is -2.42. The Morgan fingerprint density at radius 1 is 1.11 bits per heavy atom. The molecule has 2 rings (SSSR count). The molecular formula is C18H29N. The van der Waals surface area contributed by atoms with Crippen molar-refractivity contribution >= 4 is 0 Å². The summed E-state index contributed by atoms with van der Waals surface area (Å²) in [5, 5.41) is 3.67. The third-order valence-electron chi connectivity index (χ3n) is 4.48. The maximum Gasteiger partial charge on any atom is 0.00111 e. The number of aryl methyl sites for hydroxylation is 1. The Morgan fingerprint density at radius 2 is 1.74 bits per heavy atom. The van der Waals surface area contributed by atoms with E-state index in [4.69, 9.17) is 0 Å². The molecule has 0 heterocycles. The molecule has 0 bridgehead atoms. The number of nitrogens with one attached hydrogen (secondary N) is 1. The highest BCUT2D eigenvalue weighted by atomic mass is 14.9. The van der Waals surface area contributed by atoms with Crippen LogP contribution in [0.1, 0.15) is 51.2 Å². The van der Waals surface area contributed by atoms with Gasteiger partial charge < -0.3 is 5.32 Å². The summed E-state index contributed by atoms with van der Waals surface area (Å²) < 4.78 is 0. The molecule has 0 aromatic heterocycles. The van der Waals surface area contributed by atoms with Crippen molar-refractivity contribution in [3.63, 3.8) is 0 Å². The van der Waals surface area contributed by atoms with E-state index >= 15 is 0 Å². The Balaban J connectivity index is 1.90. The second kappa shape index (κ2) is 6.56. The molecule has 1 saturated carbocycles. The van der Waals surface area contributed by atoms with Crippen LogP contribution < -0.4 is 5.32 Å². The van der Waals surface area contributed by atoms with Gasteiger partial charge in [-0.2, -0.15) is 0 Å². The first-order valence-corrected chi connectivity index (χ1v) is 7.92. The Kier molecular flexibility index (Phi) is 5.04. The standard InChI is InChI=1S/C18H29N/c1-4-16-6-8-17(9-7-16)12-18(10-5-11-18)14-19-13-15(2)3/h6-9,15,19H,4-5,10-14H2,1-3H3. The minimum atomic E-state index is 0.544. The summed E-state index contributed by atoms with van der Waals surface area (Å²) in [6.07, 6.45) is 6.60. The summed E-state index contributed by atoms with van der Waals surface area (Å²) >= 11 is 0. The first kappa shape index (κ1) is 14.6. The van der Waals surface area contributed by atoms with Crippen LogP contribution >= 0.6 is 0 Å². The summed E-state index contributed by atoms with van der Waals surface area (Å²) in [7, 11) is 0. The van der Waals surface area contributed by atoms with Crippen LogP contribution in [0.5, 0.6) is 0 Å². The van der Waals surface area contributed by atoms with Gasteiger partial charge >= 0.3 is 0 Å². The fourth-order valence-corrected chi connectivity index (χ4v) is 3.04. The van der Waals surface area contributed by atoms with Crippen LogP contribution in [0.4, 0.5) is 0 Å². The zero-order valence-corrected chi connectivity index (χ0v) is 12.8. The van der Waals surface area contributed by atoms with Gasteiger partial charge in [-0.15, -0.1) is 0 Å². The SMILES string of the molecule is CCc1ccc(CC2(CNCC(C)C)CCC2)cc1. The van der Waals surface area contributed by atoms with E-state index < -0.39 is 0 Å². The maximum absolute atomic E-state index is 3.67. The largest absolute Gasteiger partial charge is 0.316 e. The van der Waals surface area contributed by atoms with Crippen molar-refractivity contribution in [2.24, 2.45) is 11.3 Å². The first-order chi connectivity index (χ1) is 9.13. The molecule has 0 amide bonds. The second-order valence-corrected chi connectivity index (χ2v) is 6.73. The van der Waals surface area contributed by atoms with Crippen LogP contribution in [0.25, 0.3) is 0 Å². The monoisotopic (exact) mass is 259 g/mol. The molecule has 106 valence electrons. The fraction of sp³-hybridized carbons (Fsp3) is 0.667. The third kappa shape index (κ3) is 4.07. The van der Waals surface area contributed by atoms with Crippen molar-refractivity contribution in [3.05, 3.63) is 35.4 Å². The van der Waals surface area contributed by atoms with Crippen molar-refractivity contribution < 1.29 is 0 Å². The van der Waals surface area contributed by atoms with Gasteiger partial charge in [0, 0.05) is 6.54 Å². The molecule has 1 N–H and O–H groups in total. The second-order valence-electron chi connectivity index (χ2n) is 6.73. The molecule has 0 atom stereocenters. The molecule has 0 spiro atoms. The Labute approximate surface area is 118 Å². The molecule has 1 fully saturated rings. The highest BCUT2D eigenvalue weighted by molar-refractivity contribution is 5.24. The van der Waals surface area contributed by atoms with Gasteiger partial charge in [-0.1, -0.05) is 51.5 Å². The lowest BCUT2D eigenvalue weighted by Gasteiger charge is -2.42. The van der Waals surface area contributed by atoms with Crippen LogP contribution in [0.3, 0.4) is 0 Å². The van der Waals surface area contributed by atoms with Crippen LogP contribution in [-0.2, 0) is 12.8 Å². The zero-order valence-electron chi connectivity index (χ0n) is 12.8. The Morgan fingerprint density at radius 3 is 2.21 bits per heavy atom. The predicted molar refractivity (Wildman–Crippen MR) is 83.5 cm³/mol. The quantitative estimate of drug-likeness (QED) is 0.773. The van der Waals surface area contributed by atoms with E-state index in [1.165, 1.54) is 43.4 Å². The summed E-state index contributed by atoms with van der Waals surface area (Å²) in [5.74, 6) is 0.751. The van der Waals surface area contributed by atoms with Crippen LogP contribution in [0.2, 0.25) is 0 Å². The topological polar surface area (TPSA) is 12.0 Å². The van der Waals surface area contributed by atoms with E-state index in [2.05, 4.69) is 50.4 Å². The lowest BCUT2D eigenvalue weighted by atomic mass is 9.65. The minimum absolute atomic E-state index is 0.544. The zero-order chi connectivity index (χ0) is 13.7. The molecule has 1 heteroatoms. The molecule has 0 radical (unpaired) electrons. The molecule has 0 unspecified atom stereocenters. The van der Waals surface area contributed by atoms with Gasteiger partial charge in [0.15, 0.2) is 0 Å². The average Bonchev–Trinajstić information content (AvgIpc) is 2.36. The number of hydrogen-bond donors (Lipinski definition) is 1. The fourth-order valence-electron chi connectivity index (χ4n) is 3.04. The van der Waals surface area contributed by atoms with Crippen molar-refractivity contribution in [1.29, 1.82) is 0 Å². The van der Waals surface area contributed by atoms with Crippen LogP contribution in [0, 0.1) is 11.3 Å². The highest BCUT2D eigenvalue weighted by Crippen LogP contribution is 2.43.